The van der Waals surface area contributed by atoms with Crippen LogP contribution >= 0.6 is 0 Å². The monoisotopic (exact) mass is 457 g/mol. The van der Waals surface area contributed by atoms with E-state index in [9.17, 15) is 14.4 Å². The molecule has 1 aliphatic heterocycles. The summed E-state index contributed by atoms with van der Waals surface area (Å²) in [5.74, 6) is -2.51. The summed E-state index contributed by atoms with van der Waals surface area (Å²) in [6, 6.07) is 5.21. The Morgan fingerprint density at radius 3 is 2.39 bits per heavy atom. The number of benzene rings is 1. The van der Waals surface area contributed by atoms with Crippen LogP contribution in [0.3, 0.4) is 0 Å². The Bertz CT molecular complexity index is 1040. The van der Waals surface area contributed by atoms with Gasteiger partial charge < -0.3 is 24.3 Å². The number of methoxy groups -OCH3 is 3. The lowest BCUT2D eigenvalue weighted by Gasteiger charge is -2.38. The molecule has 1 heterocycles. The highest BCUT2D eigenvalue weighted by Gasteiger charge is 2.48. The SMILES string of the molecule is COC(=O)[C@H]1C(=O)C2=C(C[C@H]1C)NC(C)=C(C(=O)OC(C)C)[C@H]2c1cc(OC)ccc1OC. The highest BCUT2D eigenvalue weighted by atomic mass is 16.5. The lowest BCUT2D eigenvalue weighted by Crippen LogP contribution is -2.43. The van der Waals surface area contributed by atoms with Crippen LogP contribution in [-0.2, 0) is 23.9 Å². The summed E-state index contributed by atoms with van der Waals surface area (Å²) in [4.78, 5) is 39.5. The number of ketones is 1. The van der Waals surface area contributed by atoms with E-state index >= 15 is 0 Å². The van der Waals surface area contributed by atoms with Gasteiger partial charge >= 0.3 is 11.9 Å². The van der Waals surface area contributed by atoms with E-state index in [-0.39, 0.29) is 17.8 Å². The third-order valence-electron chi connectivity index (χ3n) is 6.05. The molecular weight excluding hydrogens is 426 g/mol. The van der Waals surface area contributed by atoms with Gasteiger partial charge in [0.05, 0.1) is 38.9 Å². The number of ether oxygens (including phenoxy) is 4. The molecule has 3 rings (SSSR count). The van der Waals surface area contributed by atoms with Crippen molar-refractivity contribution in [2.45, 2.75) is 46.1 Å². The van der Waals surface area contributed by atoms with Gasteiger partial charge in [0.1, 0.15) is 17.4 Å². The summed E-state index contributed by atoms with van der Waals surface area (Å²) < 4.78 is 21.5. The van der Waals surface area contributed by atoms with Crippen molar-refractivity contribution < 1.29 is 33.3 Å². The van der Waals surface area contributed by atoms with Crippen LogP contribution in [0, 0.1) is 11.8 Å². The van der Waals surface area contributed by atoms with Crippen molar-refractivity contribution >= 4 is 17.7 Å². The lowest BCUT2D eigenvalue weighted by molar-refractivity contribution is -0.151. The molecule has 0 amide bonds. The first-order valence-electron chi connectivity index (χ1n) is 10.9. The van der Waals surface area contributed by atoms with Crippen LogP contribution in [-0.4, -0.2) is 45.2 Å². The summed E-state index contributed by atoms with van der Waals surface area (Å²) in [6.45, 7) is 7.14. The fourth-order valence-corrected chi connectivity index (χ4v) is 4.60. The Morgan fingerprint density at radius 1 is 1.12 bits per heavy atom. The van der Waals surface area contributed by atoms with E-state index in [1.54, 1.807) is 39.0 Å². The molecule has 0 spiro atoms. The van der Waals surface area contributed by atoms with Crippen LogP contribution in [0.1, 0.15) is 45.6 Å². The molecule has 0 fully saturated rings. The molecular formula is C25H31NO7. The van der Waals surface area contributed by atoms with Gasteiger partial charge in [-0.25, -0.2) is 4.79 Å². The molecule has 3 atom stereocenters. The molecule has 0 aromatic heterocycles. The van der Waals surface area contributed by atoms with E-state index in [1.807, 2.05) is 6.92 Å². The molecule has 2 aliphatic rings. The van der Waals surface area contributed by atoms with Gasteiger partial charge in [0.2, 0.25) is 0 Å². The maximum atomic E-state index is 13.8. The zero-order valence-corrected chi connectivity index (χ0v) is 20.1. The number of dihydropyridines is 1. The second-order valence-electron chi connectivity index (χ2n) is 8.60. The fourth-order valence-electron chi connectivity index (χ4n) is 4.60. The molecule has 1 aliphatic carbocycles. The second kappa shape index (κ2) is 9.68. The largest absolute Gasteiger partial charge is 0.497 e. The zero-order valence-electron chi connectivity index (χ0n) is 20.1. The average Bonchev–Trinajstić information content (AvgIpc) is 2.76. The average molecular weight is 458 g/mol. The minimum Gasteiger partial charge on any atom is -0.497 e. The van der Waals surface area contributed by atoms with Crippen LogP contribution in [0.15, 0.2) is 40.7 Å². The first-order valence-corrected chi connectivity index (χ1v) is 10.9. The summed E-state index contributed by atoms with van der Waals surface area (Å²) in [5.41, 5.74) is 2.48. The number of Topliss-reactive ketones (excluding diaryl/α,β-unsaturated/α-hetero) is 1. The van der Waals surface area contributed by atoms with Crippen molar-refractivity contribution in [2.75, 3.05) is 21.3 Å². The molecule has 0 saturated heterocycles. The summed E-state index contributed by atoms with van der Waals surface area (Å²) in [7, 11) is 4.32. The van der Waals surface area contributed by atoms with Crippen molar-refractivity contribution in [1.29, 1.82) is 0 Å². The number of hydrogen-bond donors (Lipinski definition) is 1. The first kappa shape index (κ1) is 24.4. The molecule has 0 radical (unpaired) electrons. The minimum absolute atomic E-state index is 0.263. The quantitative estimate of drug-likeness (QED) is 0.513. The predicted molar refractivity (Wildman–Crippen MR) is 121 cm³/mol. The Hall–Kier alpha value is -3.29. The molecule has 8 nitrogen and oxygen atoms in total. The zero-order chi connectivity index (χ0) is 24.4. The number of nitrogens with one attached hydrogen (secondary N) is 1. The van der Waals surface area contributed by atoms with Gasteiger partial charge in [-0.2, -0.15) is 0 Å². The number of hydrogen-bond acceptors (Lipinski definition) is 8. The van der Waals surface area contributed by atoms with E-state index in [2.05, 4.69) is 5.32 Å². The number of allylic oxidation sites excluding steroid dienone is 3. The Kier molecular flexibility index (Phi) is 7.15. The number of rotatable bonds is 6. The number of carbonyl (C=O) groups excluding carboxylic acids is 3. The molecule has 8 heteroatoms. The van der Waals surface area contributed by atoms with E-state index in [4.69, 9.17) is 18.9 Å². The summed E-state index contributed by atoms with van der Waals surface area (Å²) >= 11 is 0. The minimum atomic E-state index is -0.963. The topological polar surface area (TPSA) is 100 Å². The van der Waals surface area contributed by atoms with Crippen molar-refractivity contribution in [3.8, 4) is 11.5 Å². The fraction of sp³-hybridized carbons (Fsp3) is 0.480. The van der Waals surface area contributed by atoms with Gasteiger partial charge in [-0.05, 0) is 51.3 Å². The summed E-state index contributed by atoms with van der Waals surface area (Å²) in [6.07, 6.45) is 0.0962. The van der Waals surface area contributed by atoms with Crippen molar-refractivity contribution in [2.24, 2.45) is 11.8 Å². The van der Waals surface area contributed by atoms with Gasteiger partial charge in [0, 0.05) is 22.5 Å². The Labute approximate surface area is 193 Å². The molecule has 1 aromatic carbocycles. The maximum absolute atomic E-state index is 13.8. The number of carbonyl (C=O) groups is 3. The molecule has 1 aromatic rings. The molecule has 1 N–H and O–H groups in total. The van der Waals surface area contributed by atoms with E-state index in [0.717, 1.165) is 0 Å². The standard InChI is InChI=1S/C25H31NO7/c1-12(2)33-25(29)20-14(4)26-17-10-13(3)19(24(28)32-7)23(27)22(17)21(20)16-11-15(30-5)8-9-18(16)31-6/h8-9,11-13,19,21,26H,10H2,1-7H3/t13-,19-,21-/m1/s1. The lowest BCUT2D eigenvalue weighted by atomic mass is 9.69. The summed E-state index contributed by atoms with van der Waals surface area (Å²) in [5, 5.41) is 3.24. The van der Waals surface area contributed by atoms with Crippen molar-refractivity contribution in [3.63, 3.8) is 0 Å². The van der Waals surface area contributed by atoms with Crippen LogP contribution in [0.5, 0.6) is 11.5 Å². The Balaban J connectivity index is 2.28. The molecule has 0 bridgehead atoms. The van der Waals surface area contributed by atoms with Crippen LogP contribution in [0.4, 0.5) is 0 Å². The Morgan fingerprint density at radius 2 is 1.82 bits per heavy atom. The van der Waals surface area contributed by atoms with Gasteiger partial charge in [0.15, 0.2) is 5.78 Å². The van der Waals surface area contributed by atoms with E-state index in [0.29, 0.717) is 46.0 Å². The molecule has 33 heavy (non-hydrogen) atoms. The van der Waals surface area contributed by atoms with Gasteiger partial charge in [-0.15, -0.1) is 0 Å². The predicted octanol–water partition coefficient (Wildman–Crippen LogP) is 3.27. The maximum Gasteiger partial charge on any atom is 0.337 e. The highest BCUT2D eigenvalue weighted by molar-refractivity contribution is 6.12. The van der Waals surface area contributed by atoms with E-state index < -0.39 is 23.8 Å². The second-order valence-corrected chi connectivity index (χ2v) is 8.60. The van der Waals surface area contributed by atoms with Crippen molar-refractivity contribution in [1.82, 2.24) is 5.32 Å². The van der Waals surface area contributed by atoms with E-state index in [1.165, 1.54) is 21.3 Å². The highest BCUT2D eigenvalue weighted by Crippen LogP contribution is 2.48. The van der Waals surface area contributed by atoms with Crippen LogP contribution in [0.2, 0.25) is 0 Å². The molecule has 0 saturated carbocycles. The number of esters is 2. The van der Waals surface area contributed by atoms with Gasteiger partial charge in [-0.1, -0.05) is 6.92 Å². The first-order chi connectivity index (χ1) is 15.6. The smallest absolute Gasteiger partial charge is 0.337 e. The third-order valence-corrected chi connectivity index (χ3v) is 6.05. The van der Waals surface area contributed by atoms with Gasteiger partial charge in [-0.3, -0.25) is 9.59 Å². The normalized spacial score (nSPS) is 22.5. The van der Waals surface area contributed by atoms with Crippen molar-refractivity contribution in [3.05, 3.63) is 46.3 Å². The van der Waals surface area contributed by atoms with Crippen LogP contribution < -0.4 is 14.8 Å². The van der Waals surface area contributed by atoms with Crippen LogP contribution in [0.25, 0.3) is 0 Å². The third kappa shape index (κ3) is 4.47. The molecule has 0 unspecified atom stereocenters. The molecule has 178 valence electrons. The van der Waals surface area contributed by atoms with Gasteiger partial charge in [0.25, 0.3) is 0 Å².